The summed E-state index contributed by atoms with van der Waals surface area (Å²) in [6.45, 7) is 7.43. The Labute approximate surface area is 264 Å². The molecular weight excluding hydrogens is 599 g/mol. The average Bonchev–Trinajstić information content (AvgIpc) is 3.63. The Bertz CT molecular complexity index is 1770. The Morgan fingerprint density at radius 1 is 1.04 bits per heavy atom. The van der Waals surface area contributed by atoms with Crippen LogP contribution in [0.3, 0.4) is 0 Å². The molecule has 2 aromatic heterocycles. The summed E-state index contributed by atoms with van der Waals surface area (Å²) in [7, 11) is 0. The number of nitrogens with two attached hydrogens (primary N) is 1. The molecule has 46 heavy (non-hydrogen) atoms. The lowest BCUT2D eigenvalue weighted by Gasteiger charge is -2.39. The van der Waals surface area contributed by atoms with Gasteiger partial charge in [0.25, 0.3) is 0 Å². The first-order valence-electron chi connectivity index (χ1n) is 15.1. The van der Waals surface area contributed by atoms with Gasteiger partial charge in [-0.15, -0.1) is 0 Å². The van der Waals surface area contributed by atoms with Gasteiger partial charge in [0.1, 0.15) is 11.9 Å². The Morgan fingerprint density at radius 2 is 1.76 bits per heavy atom. The number of nitrogens with zero attached hydrogens (tertiary/aromatic N) is 5. The maximum absolute atomic E-state index is 14.8. The molecule has 2 aromatic carbocycles. The summed E-state index contributed by atoms with van der Waals surface area (Å²) in [5, 5.41) is 16.9. The van der Waals surface area contributed by atoms with Gasteiger partial charge in [-0.25, -0.2) is 4.68 Å². The number of hydrogen-bond acceptors (Lipinski definition) is 8. The van der Waals surface area contributed by atoms with Gasteiger partial charge in [0.05, 0.1) is 11.4 Å². The lowest BCUT2D eigenvalue weighted by Crippen LogP contribution is -2.41. The average molecular weight is 636 g/mol. The number of carboxylic acids is 1. The number of alkyl halides is 3. The van der Waals surface area contributed by atoms with Gasteiger partial charge in [-0.1, -0.05) is 30.3 Å². The van der Waals surface area contributed by atoms with Crippen LogP contribution in [-0.4, -0.2) is 62.7 Å². The molecule has 13 heteroatoms. The van der Waals surface area contributed by atoms with Crippen molar-refractivity contribution in [1.82, 2.24) is 25.1 Å². The third kappa shape index (κ3) is 6.37. The Balaban J connectivity index is 1.31. The molecule has 6 rings (SSSR count). The Kier molecular flexibility index (Phi) is 8.13. The zero-order valence-electron chi connectivity index (χ0n) is 25.8. The van der Waals surface area contributed by atoms with Crippen molar-refractivity contribution in [2.75, 3.05) is 30.3 Å². The number of hydrogen-bond donors (Lipinski definition) is 3. The first-order chi connectivity index (χ1) is 21.8. The van der Waals surface area contributed by atoms with E-state index in [1.165, 1.54) is 16.8 Å². The molecule has 2 aliphatic rings. The largest absolute Gasteiger partial charge is 0.480 e. The fourth-order valence-corrected chi connectivity index (χ4v) is 6.38. The van der Waals surface area contributed by atoms with Gasteiger partial charge in [-0.05, 0) is 79.8 Å². The van der Waals surface area contributed by atoms with Crippen molar-refractivity contribution in [1.29, 1.82) is 0 Å². The summed E-state index contributed by atoms with van der Waals surface area (Å²) in [5.74, 6) is -1.03. The third-order valence-electron chi connectivity index (χ3n) is 9.17. The molecule has 0 radical (unpaired) electrons. The van der Waals surface area contributed by atoms with Crippen LogP contribution in [0.2, 0.25) is 0 Å². The second-order valence-electron chi connectivity index (χ2n) is 12.4. The van der Waals surface area contributed by atoms with E-state index in [1.54, 1.807) is 31.3 Å². The molecule has 4 N–H and O–H groups in total. The second kappa shape index (κ2) is 11.9. The summed E-state index contributed by atoms with van der Waals surface area (Å²) in [6.07, 6.45) is -3.64. The van der Waals surface area contributed by atoms with E-state index >= 15 is 0 Å². The van der Waals surface area contributed by atoms with Crippen LogP contribution in [0.25, 0.3) is 16.8 Å². The number of carbonyl (C=O) groups is 1. The van der Waals surface area contributed by atoms with Crippen molar-refractivity contribution in [3.05, 3.63) is 77.1 Å². The predicted molar refractivity (Wildman–Crippen MR) is 167 cm³/mol. The molecule has 10 nitrogen and oxygen atoms in total. The van der Waals surface area contributed by atoms with Crippen molar-refractivity contribution in [3.63, 3.8) is 0 Å². The van der Waals surface area contributed by atoms with Gasteiger partial charge in [0.15, 0.2) is 0 Å². The summed E-state index contributed by atoms with van der Waals surface area (Å²) < 4.78 is 51.6. The van der Waals surface area contributed by atoms with Crippen LogP contribution < -0.4 is 20.7 Å². The monoisotopic (exact) mass is 635 g/mol. The number of nitrogen functional groups attached to an aromatic ring is 1. The van der Waals surface area contributed by atoms with Gasteiger partial charge < -0.3 is 25.8 Å². The molecule has 0 saturated carbocycles. The number of rotatable bonds is 7. The topological polar surface area (TPSA) is 131 Å². The predicted octanol–water partition coefficient (Wildman–Crippen LogP) is 5.55. The molecular formula is C33H36F3N7O3. The molecule has 242 valence electrons. The van der Waals surface area contributed by atoms with Gasteiger partial charge in [0, 0.05) is 37.5 Å². The van der Waals surface area contributed by atoms with Crippen molar-refractivity contribution in [3.8, 4) is 22.7 Å². The van der Waals surface area contributed by atoms with E-state index < -0.39 is 24.3 Å². The minimum absolute atomic E-state index is 0.136. The molecule has 4 aromatic rings. The summed E-state index contributed by atoms with van der Waals surface area (Å²) >= 11 is 0. The number of aromatic nitrogens is 4. The van der Waals surface area contributed by atoms with Crippen molar-refractivity contribution < 1.29 is 27.8 Å². The fraction of sp³-hybridized carbons (Fsp3) is 0.394. The Hall–Kier alpha value is -4.65. The van der Waals surface area contributed by atoms with E-state index in [2.05, 4.69) is 20.4 Å². The molecule has 2 fully saturated rings. The summed E-state index contributed by atoms with van der Waals surface area (Å²) in [6, 6.07) is 13.2. The highest BCUT2D eigenvalue weighted by atomic mass is 19.4. The molecule has 4 heterocycles. The number of anilines is 2. The highest BCUT2D eigenvalue weighted by molar-refractivity contribution is 5.74. The number of aliphatic carboxylic acids is 1. The molecule has 2 saturated heterocycles. The van der Waals surface area contributed by atoms with Gasteiger partial charge in [0.2, 0.25) is 17.9 Å². The number of aryl methyl sites for hydroxylation is 3. The van der Waals surface area contributed by atoms with E-state index in [0.29, 0.717) is 50.4 Å². The van der Waals surface area contributed by atoms with Crippen LogP contribution in [0, 0.1) is 26.2 Å². The number of halogens is 3. The quantitative estimate of drug-likeness (QED) is 0.239. The zero-order chi connectivity index (χ0) is 32.8. The van der Waals surface area contributed by atoms with E-state index in [0.717, 1.165) is 22.3 Å². The second-order valence-corrected chi connectivity index (χ2v) is 12.4. The number of carboxylic acid groups (broad SMARTS) is 1. The van der Waals surface area contributed by atoms with Gasteiger partial charge in [-0.3, -0.25) is 4.79 Å². The molecule has 1 spiro atoms. The molecule has 2 aliphatic heterocycles. The minimum Gasteiger partial charge on any atom is -0.480 e. The molecule has 2 atom stereocenters. The first-order valence-corrected chi connectivity index (χ1v) is 15.1. The third-order valence-corrected chi connectivity index (χ3v) is 9.17. The molecule has 0 amide bonds. The summed E-state index contributed by atoms with van der Waals surface area (Å²) in [4.78, 5) is 21.7. The fourth-order valence-electron chi connectivity index (χ4n) is 6.38. The van der Waals surface area contributed by atoms with Gasteiger partial charge in [-0.2, -0.15) is 28.2 Å². The van der Waals surface area contributed by atoms with E-state index in [-0.39, 0.29) is 28.5 Å². The lowest BCUT2D eigenvalue weighted by atomic mass is 9.76. The van der Waals surface area contributed by atoms with E-state index in [1.807, 2.05) is 36.9 Å². The normalized spacial score (nSPS) is 18.6. The van der Waals surface area contributed by atoms with Crippen LogP contribution in [-0.2, 0) is 4.79 Å². The number of benzene rings is 2. The smallest absolute Gasteiger partial charge is 0.429 e. The number of nitrogens with one attached hydrogen (secondary N) is 1. The lowest BCUT2D eigenvalue weighted by molar-refractivity contribution is -0.198. The standard InChI is InChI=1S/C33H36F3N7O3/c1-19-4-5-22(14-20(19)2)23-6-7-24(26(15-23)43-11-8-21(3)41-43)29(33(34,35)36)46-28-16-27(39-31(37)40-28)42-12-9-32(10-13-42)17-25(30(44)45)38-18-32/h4-8,11,14-16,25,29,38H,9-10,12-13,17-18H2,1-3H3,(H,44,45)(H2,37,39,40)/t25-,29-/m1/s1. The Morgan fingerprint density at radius 3 is 2.39 bits per heavy atom. The van der Waals surface area contributed by atoms with Crippen LogP contribution >= 0.6 is 0 Å². The zero-order valence-corrected chi connectivity index (χ0v) is 25.8. The SMILES string of the molecule is Cc1ccn(-c2cc(-c3ccc(C)c(C)c3)ccc2[C@@H](Oc2cc(N3CCC4(CC3)CN[C@@H](C(=O)O)C4)nc(N)n2)C(F)(F)F)n1. The summed E-state index contributed by atoms with van der Waals surface area (Å²) in [5.41, 5.74) is 10.4. The van der Waals surface area contributed by atoms with E-state index in [4.69, 9.17) is 10.5 Å². The minimum atomic E-state index is -4.81. The highest BCUT2D eigenvalue weighted by Gasteiger charge is 2.46. The number of ether oxygens (including phenoxy) is 1. The van der Waals surface area contributed by atoms with Crippen LogP contribution in [0.4, 0.5) is 24.9 Å². The van der Waals surface area contributed by atoms with Crippen molar-refractivity contribution in [2.45, 2.75) is 58.4 Å². The van der Waals surface area contributed by atoms with Crippen LogP contribution in [0.1, 0.15) is 47.8 Å². The maximum Gasteiger partial charge on any atom is 0.429 e. The van der Waals surface area contributed by atoms with Gasteiger partial charge >= 0.3 is 12.1 Å². The molecule has 0 bridgehead atoms. The van der Waals surface area contributed by atoms with Crippen LogP contribution in [0.15, 0.2) is 54.7 Å². The number of piperidine rings is 1. The van der Waals surface area contributed by atoms with Crippen LogP contribution in [0.5, 0.6) is 5.88 Å². The molecule has 0 aliphatic carbocycles. The van der Waals surface area contributed by atoms with Crippen molar-refractivity contribution >= 4 is 17.7 Å². The maximum atomic E-state index is 14.8. The first kappa shape index (κ1) is 31.3. The molecule has 0 unspecified atom stereocenters. The van der Waals surface area contributed by atoms with Crippen molar-refractivity contribution in [2.24, 2.45) is 5.41 Å². The highest BCUT2D eigenvalue weighted by Crippen LogP contribution is 2.43. The van der Waals surface area contributed by atoms with E-state index in [9.17, 15) is 23.1 Å².